The first-order valence-corrected chi connectivity index (χ1v) is 9.32. The molecule has 0 spiro atoms. The van der Waals surface area contributed by atoms with Gasteiger partial charge in [0.25, 0.3) is 11.8 Å². The van der Waals surface area contributed by atoms with Gasteiger partial charge in [0.05, 0.1) is 7.05 Å². The minimum absolute atomic E-state index is 0.0207. The molecular weight excluding hydrogens is 399 g/mol. The Hall–Kier alpha value is -3.07. The molecule has 1 unspecified atom stereocenters. The minimum atomic E-state index is -4.77. The first kappa shape index (κ1) is 23.2. The van der Waals surface area contributed by atoms with Crippen molar-refractivity contribution >= 4 is 17.5 Å². The highest BCUT2D eigenvalue weighted by Crippen LogP contribution is 2.23. The zero-order valence-electron chi connectivity index (χ0n) is 17.0. The van der Waals surface area contributed by atoms with Gasteiger partial charge in [-0.15, -0.1) is 13.2 Å². The molecule has 0 aliphatic rings. The third-order valence-corrected chi connectivity index (χ3v) is 4.56. The van der Waals surface area contributed by atoms with Crippen molar-refractivity contribution in [1.29, 1.82) is 0 Å². The molecule has 0 fully saturated rings. The lowest BCUT2D eigenvalue weighted by Crippen LogP contribution is -3.15. The molecule has 2 atom stereocenters. The number of likely N-dealkylation sites (N-methyl/N-ethyl adjacent to an activating group) is 2. The molecule has 0 aliphatic carbocycles. The number of anilines is 1. The average Bonchev–Trinajstić information content (AvgIpc) is 2.67. The molecule has 0 heterocycles. The zero-order valence-corrected chi connectivity index (χ0v) is 17.0. The van der Waals surface area contributed by atoms with Crippen LogP contribution in [-0.2, 0) is 16.1 Å². The quantitative estimate of drug-likeness (QED) is 0.682. The molecule has 2 aromatic carbocycles. The highest BCUT2D eigenvalue weighted by molar-refractivity contribution is 5.91. The van der Waals surface area contributed by atoms with E-state index in [4.69, 9.17) is 0 Å². The number of hydrogen-bond acceptors (Lipinski definition) is 3. The second-order valence-electron chi connectivity index (χ2n) is 7.05. The number of hydrogen-bond donors (Lipinski definition) is 2. The van der Waals surface area contributed by atoms with Crippen molar-refractivity contribution in [2.24, 2.45) is 0 Å². The van der Waals surface area contributed by atoms with E-state index < -0.39 is 12.4 Å². The molecule has 2 amide bonds. The van der Waals surface area contributed by atoms with Crippen LogP contribution in [0, 0.1) is 0 Å². The van der Waals surface area contributed by atoms with Gasteiger partial charge >= 0.3 is 6.36 Å². The normalized spacial score (nSPS) is 13.3. The fraction of sp³-hybridized carbons (Fsp3) is 0.333. The van der Waals surface area contributed by atoms with Crippen LogP contribution in [0.3, 0.4) is 0 Å². The predicted octanol–water partition coefficient (Wildman–Crippen LogP) is 2.09. The topological polar surface area (TPSA) is 63.1 Å². The Morgan fingerprint density at radius 1 is 1.10 bits per heavy atom. The summed E-state index contributed by atoms with van der Waals surface area (Å²) in [4.78, 5) is 27.2. The van der Waals surface area contributed by atoms with Crippen molar-refractivity contribution in [2.45, 2.75) is 25.9 Å². The van der Waals surface area contributed by atoms with E-state index in [0.29, 0.717) is 17.1 Å². The van der Waals surface area contributed by atoms with Crippen LogP contribution in [0.5, 0.6) is 5.75 Å². The Labute approximate surface area is 173 Å². The molecule has 0 aromatic heterocycles. The van der Waals surface area contributed by atoms with Crippen molar-refractivity contribution < 1.29 is 32.4 Å². The summed E-state index contributed by atoms with van der Waals surface area (Å²) in [6.07, 6.45) is -4.77. The largest absolute Gasteiger partial charge is 0.573 e. The lowest BCUT2D eigenvalue weighted by Gasteiger charge is -2.25. The fourth-order valence-electron chi connectivity index (χ4n) is 2.83. The van der Waals surface area contributed by atoms with Gasteiger partial charge < -0.3 is 19.9 Å². The van der Waals surface area contributed by atoms with Crippen molar-refractivity contribution in [2.75, 3.05) is 26.0 Å². The van der Waals surface area contributed by atoms with Crippen LogP contribution in [0.15, 0.2) is 54.6 Å². The number of halogens is 3. The molecule has 2 aromatic rings. The third kappa shape index (κ3) is 7.40. The van der Waals surface area contributed by atoms with Crippen molar-refractivity contribution in [3.05, 3.63) is 60.2 Å². The Bertz CT molecular complexity index is 842. The van der Waals surface area contributed by atoms with Gasteiger partial charge in [-0.25, -0.2) is 0 Å². The lowest BCUT2D eigenvalue weighted by molar-refractivity contribution is -0.886. The summed E-state index contributed by atoms with van der Waals surface area (Å²) in [6.45, 7) is 2.23. The maximum Gasteiger partial charge on any atom is 0.573 e. The number of benzene rings is 2. The van der Waals surface area contributed by atoms with E-state index in [2.05, 4.69) is 10.1 Å². The molecule has 162 valence electrons. The molecule has 6 nitrogen and oxygen atoms in total. The van der Waals surface area contributed by atoms with E-state index in [1.54, 1.807) is 25.9 Å². The Morgan fingerprint density at radius 2 is 1.70 bits per heavy atom. The number of quaternary nitrogens is 1. The van der Waals surface area contributed by atoms with E-state index >= 15 is 0 Å². The second-order valence-corrected chi connectivity index (χ2v) is 7.05. The fourth-order valence-corrected chi connectivity index (χ4v) is 2.83. The molecule has 0 saturated heterocycles. The second kappa shape index (κ2) is 10.1. The van der Waals surface area contributed by atoms with E-state index in [0.717, 1.165) is 17.7 Å². The summed E-state index contributed by atoms with van der Waals surface area (Å²) in [7, 11) is 3.45. The van der Waals surface area contributed by atoms with E-state index in [-0.39, 0.29) is 24.1 Å². The number of rotatable bonds is 8. The Balaban J connectivity index is 1.86. The molecule has 30 heavy (non-hydrogen) atoms. The maximum absolute atomic E-state index is 12.6. The Kier molecular flexibility index (Phi) is 7.82. The van der Waals surface area contributed by atoms with Crippen molar-refractivity contribution in [3.8, 4) is 5.75 Å². The third-order valence-electron chi connectivity index (χ3n) is 4.56. The van der Waals surface area contributed by atoms with Gasteiger partial charge in [0.1, 0.15) is 5.75 Å². The number of carbonyl (C=O) groups excluding carboxylic acids is 2. The smallest absolute Gasteiger partial charge is 0.406 e. The maximum atomic E-state index is 12.6. The SMILES string of the molecule is C[C@H](C(=O)N(C)Cc1ccccc1)[NH+](C)CC(=O)Nc1ccc(OC(F)(F)F)cc1. The number of nitrogens with zero attached hydrogens (tertiary/aromatic N) is 1. The summed E-state index contributed by atoms with van der Waals surface area (Å²) in [5.74, 6) is -0.830. The van der Waals surface area contributed by atoms with Gasteiger partial charge in [-0.05, 0) is 36.8 Å². The Morgan fingerprint density at radius 3 is 2.27 bits per heavy atom. The summed E-state index contributed by atoms with van der Waals surface area (Å²) < 4.78 is 40.4. The van der Waals surface area contributed by atoms with Crippen LogP contribution >= 0.6 is 0 Å². The molecule has 2 rings (SSSR count). The van der Waals surface area contributed by atoms with Crippen LogP contribution < -0.4 is 15.0 Å². The van der Waals surface area contributed by atoms with Crippen molar-refractivity contribution in [1.82, 2.24) is 4.90 Å². The summed E-state index contributed by atoms with van der Waals surface area (Å²) in [5, 5.41) is 2.60. The zero-order chi connectivity index (χ0) is 22.3. The number of alkyl halides is 3. The summed E-state index contributed by atoms with van der Waals surface area (Å²) in [6, 6.07) is 14.0. The van der Waals surface area contributed by atoms with Crippen LogP contribution in [0.1, 0.15) is 12.5 Å². The van der Waals surface area contributed by atoms with Gasteiger partial charge in [-0.2, -0.15) is 0 Å². The first-order valence-electron chi connectivity index (χ1n) is 9.32. The molecule has 0 aliphatic heterocycles. The van der Waals surface area contributed by atoms with E-state index in [1.165, 1.54) is 12.1 Å². The minimum Gasteiger partial charge on any atom is -0.406 e. The number of ether oxygens (including phenoxy) is 1. The average molecular weight is 424 g/mol. The molecule has 0 bridgehead atoms. The number of amides is 2. The molecule has 0 radical (unpaired) electrons. The number of nitrogens with one attached hydrogen (secondary N) is 2. The van der Waals surface area contributed by atoms with Gasteiger partial charge in [0.15, 0.2) is 12.6 Å². The highest BCUT2D eigenvalue weighted by Gasteiger charge is 2.31. The van der Waals surface area contributed by atoms with Crippen LogP contribution in [0.2, 0.25) is 0 Å². The first-order chi connectivity index (χ1) is 14.0. The summed E-state index contributed by atoms with van der Waals surface area (Å²) >= 11 is 0. The predicted molar refractivity (Wildman–Crippen MR) is 106 cm³/mol. The lowest BCUT2D eigenvalue weighted by atomic mass is 10.2. The van der Waals surface area contributed by atoms with Gasteiger partial charge in [0.2, 0.25) is 0 Å². The van der Waals surface area contributed by atoms with E-state index in [9.17, 15) is 22.8 Å². The molecule has 9 heteroatoms. The van der Waals surface area contributed by atoms with Crippen LogP contribution in [-0.4, -0.2) is 49.8 Å². The van der Waals surface area contributed by atoms with Crippen LogP contribution in [0.25, 0.3) is 0 Å². The van der Waals surface area contributed by atoms with Crippen molar-refractivity contribution in [3.63, 3.8) is 0 Å². The summed E-state index contributed by atoms with van der Waals surface area (Å²) in [5.41, 5.74) is 1.34. The molecule has 2 N–H and O–H groups in total. The van der Waals surface area contributed by atoms with E-state index in [1.807, 2.05) is 30.3 Å². The molecular formula is C21H25F3N3O3+. The van der Waals surface area contributed by atoms with Crippen LogP contribution in [0.4, 0.5) is 18.9 Å². The highest BCUT2D eigenvalue weighted by atomic mass is 19.4. The number of carbonyl (C=O) groups is 2. The standard InChI is InChI=1S/C21H24F3N3O3/c1-15(20(29)27(3)13-16-7-5-4-6-8-16)26(2)14-19(28)25-17-9-11-18(12-10-17)30-21(22,23)24/h4-12,15H,13-14H2,1-3H3,(H,25,28)/p+1/t15-/m1/s1. The van der Waals surface area contributed by atoms with Gasteiger partial charge in [0, 0.05) is 19.3 Å². The van der Waals surface area contributed by atoms with Gasteiger partial charge in [-0.3, -0.25) is 9.59 Å². The van der Waals surface area contributed by atoms with Gasteiger partial charge in [-0.1, -0.05) is 30.3 Å². The monoisotopic (exact) mass is 424 g/mol. The molecule has 0 saturated carbocycles.